The number of hydrogen-bond donors (Lipinski definition) is 0. The molecule has 0 heterocycles. The van der Waals surface area contributed by atoms with Crippen molar-refractivity contribution in [1.29, 1.82) is 0 Å². The fraction of sp³-hybridized carbons (Fsp3) is 0.750. The van der Waals surface area contributed by atoms with Crippen molar-refractivity contribution >= 4 is 23.5 Å². The van der Waals surface area contributed by atoms with E-state index >= 15 is 0 Å². The minimum Gasteiger partial charge on any atom is -0.424 e. The van der Waals surface area contributed by atoms with Gasteiger partial charge in [-0.2, -0.15) is 0 Å². The van der Waals surface area contributed by atoms with Crippen molar-refractivity contribution in [1.82, 2.24) is 0 Å². The van der Waals surface area contributed by atoms with Gasteiger partial charge in [0, 0.05) is 5.41 Å². The Morgan fingerprint density at radius 1 is 0.864 bits per heavy atom. The maximum Gasteiger partial charge on any atom is 0.316 e. The lowest BCUT2D eigenvalue weighted by Gasteiger charge is -2.34. The highest BCUT2D eigenvalue weighted by atomic mass is 16.7. The number of ketones is 2. The first-order chi connectivity index (χ1) is 9.94. The van der Waals surface area contributed by atoms with Gasteiger partial charge in [-0.15, -0.1) is 0 Å². The molecule has 126 valence electrons. The van der Waals surface area contributed by atoms with Crippen molar-refractivity contribution in [2.45, 2.75) is 67.1 Å². The van der Waals surface area contributed by atoms with Crippen LogP contribution in [0.2, 0.25) is 0 Å². The Balaban J connectivity index is 5.04. The summed E-state index contributed by atoms with van der Waals surface area (Å²) in [6.45, 7) is 10.1. The maximum absolute atomic E-state index is 11.7. The average molecular weight is 314 g/mol. The number of carbonyl (C=O) groups excluding carboxylic acids is 4. The van der Waals surface area contributed by atoms with Crippen LogP contribution in [0.25, 0.3) is 0 Å². The fourth-order valence-electron chi connectivity index (χ4n) is 2.22. The van der Waals surface area contributed by atoms with E-state index in [1.54, 1.807) is 13.8 Å². The Hall–Kier alpha value is -1.72. The van der Waals surface area contributed by atoms with Gasteiger partial charge >= 0.3 is 11.9 Å². The summed E-state index contributed by atoms with van der Waals surface area (Å²) in [5, 5.41) is 0. The molecular weight excluding hydrogens is 288 g/mol. The Kier molecular flexibility index (Phi) is 7.98. The zero-order chi connectivity index (χ0) is 17.5. The van der Waals surface area contributed by atoms with E-state index in [9.17, 15) is 19.2 Å². The van der Waals surface area contributed by atoms with Crippen LogP contribution in [0.4, 0.5) is 0 Å². The number of rotatable bonds is 9. The molecular formula is C16H26O6. The van der Waals surface area contributed by atoms with E-state index in [2.05, 4.69) is 0 Å². The molecule has 0 unspecified atom stereocenters. The summed E-state index contributed by atoms with van der Waals surface area (Å²) in [4.78, 5) is 45.4. The van der Waals surface area contributed by atoms with Crippen LogP contribution >= 0.6 is 0 Å². The van der Waals surface area contributed by atoms with Crippen LogP contribution in [0.3, 0.4) is 0 Å². The quantitative estimate of drug-likeness (QED) is 0.369. The normalized spacial score (nSPS) is 11.5. The van der Waals surface area contributed by atoms with Crippen LogP contribution in [0.1, 0.15) is 60.8 Å². The Labute approximate surface area is 131 Å². The third-order valence-corrected chi connectivity index (χ3v) is 2.84. The largest absolute Gasteiger partial charge is 0.424 e. The zero-order valence-corrected chi connectivity index (χ0v) is 14.2. The van der Waals surface area contributed by atoms with E-state index in [1.807, 2.05) is 13.8 Å². The molecule has 0 rings (SSSR count). The molecule has 0 aliphatic rings. The molecule has 0 aliphatic heterocycles. The third-order valence-electron chi connectivity index (χ3n) is 2.84. The highest BCUT2D eigenvalue weighted by Crippen LogP contribution is 2.32. The molecule has 0 amide bonds. The van der Waals surface area contributed by atoms with Gasteiger partial charge in [-0.1, -0.05) is 27.7 Å². The Bertz CT molecular complexity index is 406. The number of esters is 2. The molecule has 0 aliphatic carbocycles. The first-order valence-corrected chi connectivity index (χ1v) is 7.32. The van der Waals surface area contributed by atoms with Gasteiger partial charge in [-0.05, 0) is 26.2 Å². The van der Waals surface area contributed by atoms with Crippen molar-refractivity contribution in [2.24, 2.45) is 11.3 Å². The third kappa shape index (κ3) is 8.54. The summed E-state index contributed by atoms with van der Waals surface area (Å²) in [5.74, 6) is -1.87. The minimum absolute atomic E-state index is 0.288. The molecule has 0 atom stereocenters. The molecule has 0 fully saturated rings. The van der Waals surface area contributed by atoms with Gasteiger partial charge in [0.2, 0.25) is 0 Å². The Morgan fingerprint density at radius 3 is 1.50 bits per heavy atom. The molecule has 0 saturated carbocycles. The minimum atomic E-state index is -1.13. The summed E-state index contributed by atoms with van der Waals surface area (Å²) >= 11 is 0. The molecule has 0 spiro atoms. The molecule has 0 aromatic rings. The van der Waals surface area contributed by atoms with Crippen LogP contribution in [-0.4, -0.2) is 29.8 Å². The van der Waals surface area contributed by atoms with E-state index in [-0.39, 0.29) is 30.3 Å². The van der Waals surface area contributed by atoms with Gasteiger partial charge in [0.1, 0.15) is 24.4 Å². The maximum atomic E-state index is 11.7. The van der Waals surface area contributed by atoms with Crippen LogP contribution in [-0.2, 0) is 28.7 Å². The van der Waals surface area contributed by atoms with Crippen molar-refractivity contribution in [2.75, 3.05) is 0 Å². The molecule has 0 radical (unpaired) electrons. The molecule has 0 N–H and O–H groups in total. The monoisotopic (exact) mass is 314 g/mol. The average Bonchev–Trinajstić information content (AvgIpc) is 2.23. The summed E-state index contributed by atoms with van der Waals surface area (Å²) in [6.07, 6.45) is -1.25. The summed E-state index contributed by atoms with van der Waals surface area (Å²) < 4.78 is 10.3. The Morgan fingerprint density at radius 2 is 1.23 bits per heavy atom. The smallest absolute Gasteiger partial charge is 0.316 e. The zero-order valence-electron chi connectivity index (χ0n) is 14.2. The molecule has 0 aromatic heterocycles. The van der Waals surface area contributed by atoms with Crippen molar-refractivity contribution in [3.63, 3.8) is 0 Å². The summed E-state index contributed by atoms with van der Waals surface area (Å²) in [6, 6.07) is 0. The van der Waals surface area contributed by atoms with E-state index in [4.69, 9.17) is 9.47 Å². The molecule has 6 heteroatoms. The lowest BCUT2D eigenvalue weighted by molar-refractivity contribution is -0.210. The van der Waals surface area contributed by atoms with Crippen LogP contribution < -0.4 is 0 Å². The summed E-state index contributed by atoms with van der Waals surface area (Å²) in [5.41, 5.74) is -0.632. The topological polar surface area (TPSA) is 86.7 Å². The van der Waals surface area contributed by atoms with E-state index in [0.29, 0.717) is 6.42 Å². The molecule has 0 bridgehead atoms. The first-order valence-electron chi connectivity index (χ1n) is 7.32. The van der Waals surface area contributed by atoms with Gasteiger partial charge in [-0.25, -0.2) is 0 Å². The number of hydrogen-bond acceptors (Lipinski definition) is 6. The second kappa shape index (κ2) is 8.66. The predicted octanol–water partition coefficient (Wildman–Crippen LogP) is 2.43. The van der Waals surface area contributed by atoms with Gasteiger partial charge in [-0.3, -0.25) is 19.2 Å². The molecule has 0 aromatic carbocycles. The van der Waals surface area contributed by atoms with E-state index in [0.717, 1.165) is 0 Å². The van der Waals surface area contributed by atoms with Crippen LogP contribution in [0.15, 0.2) is 0 Å². The van der Waals surface area contributed by atoms with Gasteiger partial charge in [0.25, 0.3) is 6.29 Å². The predicted molar refractivity (Wildman–Crippen MR) is 79.8 cm³/mol. The van der Waals surface area contributed by atoms with Crippen LogP contribution in [0.5, 0.6) is 0 Å². The molecule has 0 saturated heterocycles. The van der Waals surface area contributed by atoms with Crippen molar-refractivity contribution in [3.05, 3.63) is 0 Å². The van der Waals surface area contributed by atoms with E-state index in [1.165, 1.54) is 13.8 Å². The lowest BCUT2D eigenvalue weighted by atomic mass is 9.83. The number of carbonyl (C=O) groups is 4. The highest BCUT2D eigenvalue weighted by Gasteiger charge is 2.37. The standard InChI is InChI=1S/C16H26O6/c1-10(2)9-16(5,6)15(21-13(19)7-11(3)17)22-14(20)8-12(4)18/h10,15H,7-9H2,1-6H3. The fourth-order valence-corrected chi connectivity index (χ4v) is 2.22. The SMILES string of the molecule is CC(=O)CC(=O)OC(OC(=O)CC(C)=O)C(C)(C)CC(C)C. The highest BCUT2D eigenvalue weighted by molar-refractivity contribution is 5.95. The molecule has 22 heavy (non-hydrogen) atoms. The van der Waals surface area contributed by atoms with Crippen molar-refractivity contribution in [3.8, 4) is 0 Å². The van der Waals surface area contributed by atoms with Gasteiger partial charge < -0.3 is 9.47 Å². The van der Waals surface area contributed by atoms with Crippen LogP contribution in [0, 0.1) is 11.3 Å². The first kappa shape index (κ1) is 20.3. The van der Waals surface area contributed by atoms with Crippen molar-refractivity contribution < 1.29 is 28.7 Å². The number of ether oxygens (including phenoxy) is 2. The van der Waals surface area contributed by atoms with Gasteiger partial charge in [0.05, 0.1) is 0 Å². The molecule has 6 nitrogen and oxygen atoms in total. The second-order valence-corrected chi connectivity index (χ2v) is 6.66. The van der Waals surface area contributed by atoms with E-state index < -0.39 is 23.6 Å². The van der Waals surface area contributed by atoms with Gasteiger partial charge in [0.15, 0.2) is 0 Å². The second-order valence-electron chi connectivity index (χ2n) is 6.66. The number of Topliss-reactive ketones (excluding diaryl/α,β-unsaturated/α-hetero) is 2. The lowest BCUT2D eigenvalue weighted by Crippen LogP contribution is -2.39. The summed E-state index contributed by atoms with van der Waals surface area (Å²) in [7, 11) is 0.